The third kappa shape index (κ3) is 3.75. The molecule has 0 radical (unpaired) electrons. The van der Waals surface area contributed by atoms with Crippen molar-refractivity contribution in [2.45, 2.75) is 15.0 Å². The minimum Gasteiger partial charge on any atom is -0.352 e. The summed E-state index contributed by atoms with van der Waals surface area (Å²) >= 11 is 0. The quantitative estimate of drug-likeness (QED) is 0.213. The number of sulfonamides is 1. The van der Waals surface area contributed by atoms with Gasteiger partial charge in [-0.25, -0.2) is 27.0 Å². The highest BCUT2D eigenvalue weighted by Crippen LogP contribution is 2.41. The highest BCUT2D eigenvalue weighted by atomic mass is 32.2. The SMILES string of the molecule is CNC(=O)c1nc2c(-c3ccc(S(=O)(=O)C4CNC4)c(S(N)(=O)=O)c3-c3nn[nH]n3)cccc2[nH]1. The zero-order valence-electron chi connectivity index (χ0n) is 18.1. The second kappa shape index (κ2) is 8.19. The highest BCUT2D eigenvalue weighted by molar-refractivity contribution is 7.94. The Labute approximate surface area is 198 Å². The molecule has 1 amide bonds. The molecule has 2 aromatic carbocycles. The number of primary sulfonamides is 1. The Balaban J connectivity index is 1.87. The largest absolute Gasteiger partial charge is 0.352 e. The minimum atomic E-state index is -4.60. The van der Waals surface area contributed by atoms with E-state index in [0.717, 1.165) is 0 Å². The number of nitrogens with zero attached hydrogens (tertiary/aromatic N) is 4. The van der Waals surface area contributed by atoms with Crippen molar-refractivity contribution >= 4 is 36.8 Å². The van der Waals surface area contributed by atoms with Crippen LogP contribution in [0.4, 0.5) is 0 Å². The number of fused-ring (bicyclic) bond motifs is 1. The first-order valence-corrected chi connectivity index (χ1v) is 13.3. The molecule has 5 rings (SSSR count). The van der Waals surface area contributed by atoms with Gasteiger partial charge in [-0.15, -0.1) is 10.2 Å². The van der Waals surface area contributed by atoms with E-state index in [4.69, 9.17) is 5.14 Å². The molecule has 0 bridgehead atoms. The Bertz CT molecular complexity index is 1680. The standard InChI is InChI=1S/C19H19N9O5S2/c1-21-19(29)18-23-12-4-2-3-11(15(12)24-18)10-5-6-13(34(30,31)9-7-22-8-9)16(35(20,32)33)14(10)17-25-27-28-26-17/h2-6,9,22H,7-8H2,1H3,(H,21,29)(H,23,24)(H2,20,32,33)(H,25,26,27,28). The molecule has 35 heavy (non-hydrogen) atoms. The number of aromatic amines is 2. The normalized spacial score (nSPS) is 14.7. The number of amides is 1. The zero-order valence-corrected chi connectivity index (χ0v) is 19.7. The smallest absolute Gasteiger partial charge is 0.286 e. The molecule has 0 unspecified atom stereocenters. The molecule has 1 aliphatic rings. The number of hydrogen-bond donors (Lipinski definition) is 5. The lowest BCUT2D eigenvalue weighted by Gasteiger charge is -2.28. The summed E-state index contributed by atoms with van der Waals surface area (Å²) in [6.45, 7) is 0.362. The van der Waals surface area contributed by atoms with E-state index in [1.807, 2.05) is 0 Å². The van der Waals surface area contributed by atoms with Gasteiger partial charge in [-0.05, 0) is 22.9 Å². The van der Waals surface area contributed by atoms with E-state index in [9.17, 15) is 21.6 Å². The van der Waals surface area contributed by atoms with Gasteiger partial charge in [-0.1, -0.05) is 18.2 Å². The van der Waals surface area contributed by atoms with Gasteiger partial charge in [0.15, 0.2) is 15.7 Å². The van der Waals surface area contributed by atoms with Crippen LogP contribution in [0.15, 0.2) is 40.1 Å². The van der Waals surface area contributed by atoms with Crippen LogP contribution in [0.3, 0.4) is 0 Å². The second-order valence-corrected chi connectivity index (χ2v) is 11.5. The summed E-state index contributed by atoms with van der Waals surface area (Å²) in [6, 6.07) is 7.66. The van der Waals surface area contributed by atoms with Gasteiger partial charge in [-0.3, -0.25) is 4.79 Å². The lowest BCUT2D eigenvalue weighted by molar-refractivity contribution is 0.0954. The predicted molar refractivity (Wildman–Crippen MR) is 123 cm³/mol. The maximum atomic E-state index is 13.3. The van der Waals surface area contributed by atoms with Crippen molar-refractivity contribution in [3.8, 4) is 22.5 Å². The van der Waals surface area contributed by atoms with Crippen LogP contribution in [-0.2, 0) is 19.9 Å². The Morgan fingerprint density at radius 1 is 1.11 bits per heavy atom. The van der Waals surface area contributed by atoms with Gasteiger partial charge in [-0.2, -0.15) is 5.21 Å². The number of benzene rings is 2. The van der Waals surface area contributed by atoms with Gasteiger partial charge >= 0.3 is 0 Å². The molecule has 0 spiro atoms. The van der Waals surface area contributed by atoms with Crippen molar-refractivity contribution in [1.29, 1.82) is 0 Å². The Kier molecular flexibility index (Phi) is 5.39. The Hall–Kier alpha value is -3.73. The molecule has 3 heterocycles. The van der Waals surface area contributed by atoms with Crippen LogP contribution >= 0.6 is 0 Å². The van der Waals surface area contributed by atoms with Crippen LogP contribution in [0.5, 0.6) is 0 Å². The molecule has 182 valence electrons. The third-order valence-electron chi connectivity index (χ3n) is 5.71. The number of hydrogen-bond acceptors (Lipinski definition) is 10. The van der Waals surface area contributed by atoms with E-state index in [0.29, 0.717) is 16.6 Å². The number of carbonyl (C=O) groups is 1. The Morgan fingerprint density at radius 2 is 1.89 bits per heavy atom. The summed E-state index contributed by atoms with van der Waals surface area (Å²) in [5, 5.41) is 23.7. The molecular weight excluding hydrogens is 498 g/mol. The summed E-state index contributed by atoms with van der Waals surface area (Å²) in [5.41, 5.74) is 1.32. The van der Waals surface area contributed by atoms with Gasteiger partial charge in [0.05, 0.1) is 26.7 Å². The monoisotopic (exact) mass is 517 g/mol. The summed E-state index contributed by atoms with van der Waals surface area (Å²) in [5.74, 6) is -0.586. The zero-order chi connectivity index (χ0) is 25.0. The fourth-order valence-electron chi connectivity index (χ4n) is 3.92. The van der Waals surface area contributed by atoms with Crippen molar-refractivity contribution in [3.63, 3.8) is 0 Å². The molecular formula is C19H19N9O5S2. The number of rotatable bonds is 6. The molecule has 0 aliphatic carbocycles. The molecule has 0 saturated carbocycles. The van der Waals surface area contributed by atoms with Crippen LogP contribution in [0.2, 0.25) is 0 Å². The number of imidazole rings is 1. The van der Waals surface area contributed by atoms with Crippen molar-refractivity contribution in [2.75, 3.05) is 20.1 Å². The lowest BCUT2D eigenvalue weighted by Crippen LogP contribution is -2.51. The van der Waals surface area contributed by atoms with Crippen LogP contribution in [0.1, 0.15) is 10.6 Å². The average molecular weight is 518 g/mol. The third-order valence-corrected chi connectivity index (χ3v) is 9.00. The first kappa shape index (κ1) is 23.0. The second-order valence-electron chi connectivity index (χ2n) is 7.79. The molecule has 6 N–H and O–H groups in total. The number of aromatic nitrogens is 6. The molecule has 1 saturated heterocycles. The molecule has 1 aliphatic heterocycles. The number of nitrogens with one attached hydrogen (secondary N) is 4. The number of tetrazole rings is 1. The maximum absolute atomic E-state index is 13.3. The van der Waals surface area contributed by atoms with Crippen LogP contribution in [0.25, 0.3) is 33.5 Å². The summed E-state index contributed by atoms with van der Waals surface area (Å²) < 4.78 is 52.3. The van der Waals surface area contributed by atoms with Gasteiger partial charge in [0.25, 0.3) is 5.91 Å². The summed E-state index contributed by atoms with van der Waals surface area (Å²) in [6.07, 6.45) is 0. The molecule has 14 nitrogen and oxygen atoms in total. The Morgan fingerprint density at radius 3 is 2.49 bits per heavy atom. The van der Waals surface area contributed by atoms with Gasteiger partial charge < -0.3 is 15.6 Å². The summed E-state index contributed by atoms with van der Waals surface area (Å²) in [4.78, 5) is 18.3. The first-order valence-electron chi connectivity index (χ1n) is 10.2. The highest BCUT2D eigenvalue weighted by Gasteiger charge is 2.39. The molecule has 1 fully saturated rings. The number of para-hydroxylation sites is 1. The van der Waals surface area contributed by atoms with Gasteiger partial charge in [0.1, 0.15) is 4.90 Å². The van der Waals surface area contributed by atoms with Crippen LogP contribution in [0, 0.1) is 0 Å². The van der Waals surface area contributed by atoms with E-state index in [-0.39, 0.29) is 35.9 Å². The first-order chi connectivity index (χ1) is 16.6. The summed E-state index contributed by atoms with van der Waals surface area (Å²) in [7, 11) is -7.21. The van der Waals surface area contributed by atoms with E-state index >= 15 is 0 Å². The topological polar surface area (TPSA) is 219 Å². The number of carbonyl (C=O) groups excluding carboxylic acids is 1. The van der Waals surface area contributed by atoms with E-state index in [2.05, 4.69) is 41.2 Å². The molecule has 16 heteroatoms. The molecule has 0 atom stereocenters. The average Bonchev–Trinajstić information content (AvgIpc) is 3.45. The van der Waals surface area contributed by atoms with E-state index in [1.165, 1.54) is 19.2 Å². The van der Waals surface area contributed by atoms with Crippen molar-refractivity contribution in [2.24, 2.45) is 5.14 Å². The van der Waals surface area contributed by atoms with Crippen molar-refractivity contribution in [1.82, 2.24) is 41.2 Å². The fourth-order valence-corrected chi connectivity index (χ4v) is 7.10. The fraction of sp³-hybridized carbons (Fsp3) is 0.211. The van der Waals surface area contributed by atoms with E-state index in [1.54, 1.807) is 18.2 Å². The molecule has 4 aromatic rings. The van der Waals surface area contributed by atoms with Crippen LogP contribution in [-0.4, -0.2) is 78.7 Å². The molecule has 2 aromatic heterocycles. The number of sulfone groups is 1. The van der Waals surface area contributed by atoms with Crippen molar-refractivity contribution in [3.05, 3.63) is 36.2 Å². The minimum absolute atomic E-state index is 0.0411. The maximum Gasteiger partial charge on any atom is 0.286 e. The number of nitrogens with two attached hydrogens (primary N) is 1. The predicted octanol–water partition coefficient (Wildman–Crippen LogP) is -0.837. The lowest BCUT2D eigenvalue weighted by atomic mass is 9.98. The van der Waals surface area contributed by atoms with Gasteiger partial charge in [0.2, 0.25) is 15.8 Å². The van der Waals surface area contributed by atoms with Crippen molar-refractivity contribution < 1.29 is 21.6 Å². The number of H-pyrrole nitrogens is 2. The van der Waals surface area contributed by atoms with E-state index < -0.39 is 40.8 Å². The van der Waals surface area contributed by atoms with Crippen LogP contribution < -0.4 is 15.8 Å². The van der Waals surface area contributed by atoms with Gasteiger partial charge in [0, 0.05) is 25.7 Å².